The van der Waals surface area contributed by atoms with Crippen LogP contribution in [0, 0.1) is 6.92 Å². The highest BCUT2D eigenvalue weighted by molar-refractivity contribution is 7.21. The molecule has 1 aromatic heterocycles. The molecule has 7 heteroatoms. The first-order valence-electron chi connectivity index (χ1n) is 9.24. The van der Waals surface area contributed by atoms with Crippen molar-refractivity contribution in [2.45, 2.75) is 19.8 Å². The summed E-state index contributed by atoms with van der Waals surface area (Å²) >= 11 is 1.41. The van der Waals surface area contributed by atoms with Gasteiger partial charge in [-0.3, -0.25) is 9.59 Å². The maximum atomic E-state index is 12.5. The molecule has 29 heavy (non-hydrogen) atoms. The van der Waals surface area contributed by atoms with Gasteiger partial charge >= 0.3 is 5.97 Å². The minimum atomic E-state index is -0.608. The second kappa shape index (κ2) is 8.05. The molecule has 1 N–H and O–H groups in total. The van der Waals surface area contributed by atoms with Crippen molar-refractivity contribution < 1.29 is 23.9 Å². The van der Waals surface area contributed by atoms with Crippen molar-refractivity contribution in [3.63, 3.8) is 0 Å². The summed E-state index contributed by atoms with van der Waals surface area (Å²) in [5, 5.41) is 3.83. The number of nitrogens with one attached hydrogen (secondary N) is 1. The summed E-state index contributed by atoms with van der Waals surface area (Å²) in [7, 11) is 0. The fraction of sp³-hybridized carbons (Fsp3) is 0.227. The monoisotopic (exact) mass is 409 g/mol. The van der Waals surface area contributed by atoms with Gasteiger partial charge in [0, 0.05) is 16.8 Å². The van der Waals surface area contributed by atoms with Crippen LogP contribution in [0.1, 0.15) is 27.2 Å². The molecule has 0 saturated heterocycles. The average molecular weight is 409 g/mol. The molecule has 0 atom stereocenters. The Morgan fingerprint density at radius 3 is 2.76 bits per heavy atom. The molecule has 0 fully saturated rings. The van der Waals surface area contributed by atoms with E-state index in [0.717, 1.165) is 26.9 Å². The highest BCUT2D eigenvalue weighted by atomic mass is 32.1. The van der Waals surface area contributed by atoms with Crippen LogP contribution in [0.2, 0.25) is 0 Å². The minimum Gasteiger partial charge on any atom is -0.482 e. The van der Waals surface area contributed by atoms with Crippen LogP contribution in [0.5, 0.6) is 5.75 Å². The van der Waals surface area contributed by atoms with E-state index < -0.39 is 5.97 Å². The van der Waals surface area contributed by atoms with E-state index in [-0.39, 0.29) is 24.9 Å². The van der Waals surface area contributed by atoms with Crippen LogP contribution in [-0.2, 0) is 20.7 Å². The van der Waals surface area contributed by atoms with Gasteiger partial charge in [-0.25, -0.2) is 4.79 Å². The van der Waals surface area contributed by atoms with Crippen LogP contribution in [-0.4, -0.2) is 30.9 Å². The number of hydrogen-bond acceptors (Lipinski definition) is 6. The number of ketones is 1. The molecule has 2 aromatic carbocycles. The van der Waals surface area contributed by atoms with E-state index in [1.807, 2.05) is 31.2 Å². The van der Waals surface area contributed by atoms with Gasteiger partial charge in [-0.15, -0.1) is 11.3 Å². The Morgan fingerprint density at radius 1 is 1.10 bits per heavy atom. The fourth-order valence-electron chi connectivity index (χ4n) is 3.29. The third-order valence-electron chi connectivity index (χ3n) is 4.79. The van der Waals surface area contributed by atoms with Gasteiger partial charge in [-0.05, 0) is 54.1 Å². The van der Waals surface area contributed by atoms with Gasteiger partial charge in [0.15, 0.2) is 13.2 Å². The first kappa shape index (κ1) is 19.1. The van der Waals surface area contributed by atoms with E-state index in [4.69, 9.17) is 9.47 Å². The van der Waals surface area contributed by atoms with Crippen molar-refractivity contribution in [1.82, 2.24) is 0 Å². The summed E-state index contributed by atoms with van der Waals surface area (Å²) in [6, 6.07) is 13.0. The van der Waals surface area contributed by atoms with Gasteiger partial charge < -0.3 is 14.8 Å². The first-order valence-corrected chi connectivity index (χ1v) is 10.1. The lowest BCUT2D eigenvalue weighted by molar-refractivity contribution is -0.144. The van der Waals surface area contributed by atoms with Crippen molar-refractivity contribution in [2.75, 3.05) is 18.5 Å². The van der Waals surface area contributed by atoms with E-state index in [2.05, 4.69) is 5.32 Å². The van der Waals surface area contributed by atoms with Crippen molar-refractivity contribution in [3.05, 3.63) is 58.5 Å². The lowest BCUT2D eigenvalue weighted by atomic mass is 10.0. The Morgan fingerprint density at radius 2 is 1.93 bits per heavy atom. The van der Waals surface area contributed by atoms with Gasteiger partial charge in [-0.2, -0.15) is 0 Å². The third-order valence-corrected chi connectivity index (χ3v) is 6.10. The summed E-state index contributed by atoms with van der Waals surface area (Å²) in [6.07, 6.45) is 1.06. The Hall–Kier alpha value is -3.19. The topological polar surface area (TPSA) is 81.7 Å². The molecular weight excluding hydrogens is 390 g/mol. The summed E-state index contributed by atoms with van der Waals surface area (Å²) in [5.74, 6) is -0.318. The number of amides is 1. The molecule has 0 radical (unpaired) electrons. The number of carbonyl (C=O) groups excluding carboxylic acids is 3. The lowest BCUT2D eigenvalue weighted by Gasteiger charge is -2.17. The summed E-state index contributed by atoms with van der Waals surface area (Å²) in [6.45, 7) is 1.30. The molecule has 4 rings (SSSR count). The number of hydrogen-bond donors (Lipinski definition) is 1. The summed E-state index contributed by atoms with van der Waals surface area (Å²) in [4.78, 5) is 36.5. The number of carbonyl (C=O) groups is 3. The Kier molecular flexibility index (Phi) is 5.31. The molecule has 3 aromatic rings. The Bertz CT molecular complexity index is 1120. The van der Waals surface area contributed by atoms with Gasteiger partial charge in [-0.1, -0.05) is 18.2 Å². The molecule has 2 heterocycles. The number of fused-ring (bicyclic) bond motifs is 2. The summed E-state index contributed by atoms with van der Waals surface area (Å²) < 4.78 is 11.6. The molecule has 148 valence electrons. The van der Waals surface area contributed by atoms with Crippen molar-refractivity contribution in [1.29, 1.82) is 0 Å². The van der Waals surface area contributed by atoms with Crippen LogP contribution >= 0.6 is 11.3 Å². The van der Waals surface area contributed by atoms with E-state index in [9.17, 15) is 14.4 Å². The molecule has 0 aliphatic carbocycles. The lowest BCUT2D eigenvalue weighted by Crippen LogP contribution is -2.20. The largest absolute Gasteiger partial charge is 0.482 e. The SMILES string of the molecule is Cc1c(C(=O)COC(=O)COc2ccc3c(c2)CCC(=O)N3)sc2ccccc12. The van der Waals surface area contributed by atoms with Crippen LogP contribution in [0.3, 0.4) is 0 Å². The van der Waals surface area contributed by atoms with Gasteiger partial charge in [0.25, 0.3) is 0 Å². The van der Waals surface area contributed by atoms with Crippen LogP contribution in [0.4, 0.5) is 5.69 Å². The summed E-state index contributed by atoms with van der Waals surface area (Å²) in [5.41, 5.74) is 2.63. The molecule has 1 aliphatic rings. The predicted molar refractivity (Wildman–Crippen MR) is 111 cm³/mol. The standard InChI is InChI=1S/C22H19NO5S/c1-13-16-4-2-3-5-19(16)29-22(13)18(24)11-28-21(26)12-27-15-7-8-17-14(10-15)6-9-20(25)23-17/h2-5,7-8,10H,6,9,11-12H2,1H3,(H,23,25). The Balaban J connectivity index is 1.31. The number of thiophene rings is 1. The quantitative estimate of drug-likeness (QED) is 0.493. The van der Waals surface area contributed by atoms with E-state index in [1.165, 1.54) is 11.3 Å². The number of ether oxygens (including phenoxy) is 2. The van der Waals surface area contributed by atoms with Gasteiger partial charge in [0.05, 0.1) is 4.88 Å². The number of rotatable bonds is 6. The van der Waals surface area contributed by atoms with Crippen LogP contribution < -0.4 is 10.1 Å². The highest BCUT2D eigenvalue weighted by Gasteiger charge is 2.18. The zero-order valence-corrected chi connectivity index (χ0v) is 16.6. The van der Waals surface area contributed by atoms with Gasteiger partial charge in [0.1, 0.15) is 5.75 Å². The van der Waals surface area contributed by atoms with E-state index in [1.54, 1.807) is 18.2 Å². The number of esters is 1. The van der Waals surface area contributed by atoms with Crippen LogP contribution in [0.15, 0.2) is 42.5 Å². The molecule has 1 aliphatic heterocycles. The number of aryl methyl sites for hydroxylation is 2. The molecule has 6 nitrogen and oxygen atoms in total. The molecule has 0 bridgehead atoms. The molecule has 0 unspecified atom stereocenters. The second-order valence-corrected chi connectivity index (χ2v) is 7.84. The highest BCUT2D eigenvalue weighted by Crippen LogP contribution is 2.31. The Labute approximate surface area is 171 Å². The first-order chi connectivity index (χ1) is 14.0. The third kappa shape index (κ3) is 4.14. The van der Waals surface area contributed by atoms with Crippen LogP contribution in [0.25, 0.3) is 10.1 Å². The van der Waals surface area contributed by atoms with Crippen molar-refractivity contribution in [2.24, 2.45) is 0 Å². The van der Waals surface area contributed by atoms with Crippen molar-refractivity contribution in [3.8, 4) is 5.75 Å². The van der Waals surface area contributed by atoms with E-state index in [0.29, 0.717) is 23.5 Å². The average Bonchev–Trinajstić information content (AvgIpc) is 3.07. The second-order valence-electron chi connectivity index (χ2n) is 6.79. The predicted octanol–water partition coefficient (Wildman–Crippen LogP) is 3.90. The molecular formula is C22H19NO5S. The fourth-order valence-corrected chi connectivity index (χ4v) is 4.42. The number of benzene rings is 2. The minimum absolute atomic E-state index is 0.00622. The normalized spacial score (nSPS) is 12.9. The van der Waals surface area contributed by atoms with E-state index >= 15 is 0 Å². The zero-order valence-electron chi connectivity index (χ0n) is 15.8. The number of anilines is 1. The number of Topliss-reactive ketones (excluding diaryl/α,β-unsaturated/α-hetero) is 1. The maximum Gasteiger partial charge on any atom is 0.344 e. The molecule has 1 amide bonds. The molecule has 0 saturated carbocycles. The molecule has 0 spiro atoms. The maximum absolute atomic E-state index is 12.5. The smallest absolute Gasteiger partial charge is 0.344 e. The van der Waals surface area contributed by atoms with Crippen molar-refractivity contribution >= 4 is 44.8 Å². The zero-order chi connectivity index (χ0) is 20.4. The van der Waals surface area contributed by atoms with Gasteiger partial charge in [0.2, 0.25) is 11.7 Å².